The van der Waals surface area contributed by atoms with Crippen molar-refractivity contribution in [3.05, 3.63) is 11.1 Å². The summed E-state index contributed by atoms with van der Waals surface area (Å²) in [6.45, 7) is 2.38. The highest BCUT2D eigenvalue weighted by molar-refractivity contribution is 5.96. The molecule has 0 spiro atoms. The lowest BCUT2D eigenvalue weighted by Gasteiger charge is -2.16. The van der Waals surface area contributed by atoms with Gasteiger partial charge in [0.25, 0.3) is 0 Å². The van der Waals surface area contributed by atoms with Crippen molar-refractivity contribution >= 4 is 5.78 Å². The summed E-state index contributed by atoms with van der Waals surface area (Å²) in [5.41, 5.74) is 2.53. The van der Waals surface area contributed by atoms with Gasteiger partial charge in [-0.1, -0.05) is 69.8 Å². The summed E-state index contributed by atoms with van der Waals surface area (Å²) in [5, 5.41) is 8.71. The van der Waals surface area contributed by atoms with Gasteiger partial charge in [0.1, 0.15) is 0 Å². The van der Waals surface area contributed by atoms with E-state index >= 15 is 0 Å². The number of Topliss-reactive ketones (excluding diaryl/α,β-unsaturated/α-hetero) is 1. The zero-order valence-electron chi connectivity index (χ0n) is 15.4. The fourth-order valence-corrected chi connectivity index (χ4v) is 3.56. The van der Waals surface area contributed by atoms with Crippen LogP contribution in [0, 0.1) is 0 Å². The van der Waals surface area contributed by atoms with E-state index < -0.39 is 0 Å². The summed E-state index contributed by atoms with van der Waals surface area (Å²) in [5.74, 6) is 0.391. The van der Waals surface area contributed by atoms with Gasteiger partial charge >= 0.3 is 0 Å². The normalized spacial score (nSPS) is 15.5. The summed E-state index contributed by atoms with van der Waals surface area (Å²) in [4.78, 5) is 11.7. The number of aliphatic hydroxyl groups excluding tert-OH is 1. The second kappa shape index (κ2) is 13.8. The Morgan fingerprint density at radius 1 is 0.739 bits per heavy atom. The molecular formula is C21H38O2. The number of ketones is 1. The number of carbonyl (C=O) groups excluding carboxylic acids is 1. The zero-order valence-corrected chi connectivity index (χ0v) is 15.4. The molecule has 23 heavy (non-hydrogen) atoms. The highest BCUT2D eigenvalue weighted by atomic mass is 16.2. The zero-order chi connectivity index (χ0) is 16.8. The third-order valence-corrected chi connectivity index (χ3v) is 5.22. The highest BCUT2D eigenvalue weighted by Gasteiger charge is 2.15. The Labute approximate surface area is 143 Å². The molecule has 0 aliphatic heterocycles. The van der Waals surface area contributed by atoms with E-state index in [-0.39, 0.29) is 0 Å². The first kappa shape index (κ1) is 20.4. The largest absolute Gasteiger partial charge is 0.396 e. The van der Waals surface area contributed by atoms with Crippen LogP contribution in [-0.2, 0) is 4.79 Å². The number of allylic oxidation sites excluding steroid dienone is 2. The minimum atomic E-state index is 0.354. The molecule has 0 fully saturated rings. The molecule has 0 saturated heterocycles. The van der Waals surface area contributed by atoms with E-state index in [0.717, 1.165) is 37.7 Å². The van der Waals surface area contributed by atoms with E-state index in [0.29, 0.717) is 12.4 Å². The first-order chi connectivity index (χ1) is 11.3. The first-order valence-electron chi connectivity index (χ1n) is 10.1. The van der Waals surface area contributed by atoms with E-state index in [1.54, 1.807) is 0 Å². The number of hydrogen-bond donors (Lipinski definition) is 1. The molecule has 1 rings (SSSR count). The monoisotopic (exact) mass is 322 g/mol. The van der Waals surface area contributed by atoms with Crippen LogP contribution >= 0.6 is 0 Å². The Morgan fingerprint density at radius 3 is 1.74 bits per heavy atom. The van der Waals surface area contributed by atoms with Gasteiger partial charge in [0.15, 0.2) is 5.78 Å². The van der Waals surface area contributed by atoms with Crippen molar-refractivity contribution in [3.63, 3.8) is 0 Å². The minimum Gasteiger partial charge on any atom is -0.396 e. The van der Waals surface area contributed by atoms with Crippen molar-refractivity contribution in [2.75, 3.05) is 6.61 Å². The van der Waals surface area contributed by atoms with Gasteiger partial charge in [0.05, 0.1) is 0 Å². The maximum Gasteiger partial charge on any atom is 0.158 e. The second-order valence-corrected chi connectivity index (χ2v) is 7.22. The lowest BCUT2D eigenvalue weighted by atomic mass is 9.88. The molecule has 0 aromatic rings. The number of carbonyl (C=O) groups is 1. The van der Waals surface area contributed by atoms with Gasteiger partial charge in [0.2, 0.25) is 0 Å². The average molecular weight is 323 g/mol. The van der Waals surface area contributed by atoms with Crippen LogP contribution in [-0.4, -0.2) is 17.5 Å². The fraction of sp³-hybridized carbons (Fsp3) is 0.857. The fourth-order valence-electron chi connectivity index (χ4n) is 3.56. The molecule has 0 unspecified atom stereocenters. The third-order valence-electron chi connectivity index (χ3n) is 5.22. The molecule has 2 nitrogen and oxygen atoms in total. The molecule has 0 amide bonds. The van der Waals surface area contributed by atoms with Crippen LogP contribution in [0.3, 0.4) is 0 Å². The second-order valence-electron chi connectivity index (χ2n) is 7.22. The Bertz CT molecular complexity index is 344. The first-order valence-corrected chi connectivity index (χ1v) is 10.1. The lowest BCUT2D eigenvalue weighted by molar-refractivity contribution is -0.116. The van der Waals surface area contributed by atoms with E-state index in [1.807, 2.05) is 6.92 Å². The van der Waals surface area contributed by atoms with Crippen LogP contribution in [0.15, 0.2) is 11.1 Å². The molecule has 0 bridgehead atoms. The molecule has 1 aliphatic carbocycles. The molecule has 0 atom stereocenters. The van der Waals surface area contributed by atoms with E-state index in [1.165, 1.54) is 76.2 Å². The number of hydrogen-bond acceptors (Lipinski definition) is 2. The smallest absolute Gasteiger partial charge is 0.158 e. The van der Waals surface area contributed by atoms with Crippen LogP contribution < -0.4 is 0 Å². The maximum absolute atomic E-state index is 11.7. The Morgan fingerprint density at radius 2 is 1.22 bits per heavy atom. The quantitative estimate of drug-likeness (QED) is 0.391. The van der Waals surface area contributed by atoms with Gasteiger partial charge in [-0.25, -0.2) is 0 Å². The van der Waals surface area contributed by atoms with Gasteiger partial charge in [-0.3, -0.25) is 4.79 Å². The predicted octanol–water partition coefficient (Wildman–Crippen LogP) is 6.12. The minimum absolute atomic E-state index is 0.354. The molecule has 134 valence electrons. The van der Waals surface area contributed by atoms with Gasteiger partial charge in [-0.05, 0) is 44.6 Å². The summed E-state index contributed by atoms with van der Waals surface area (Å²) >= 11 is 0. The molecular weight excluding hydrogens is 284 g/mol. The Hall–Kier alpha value is -0.630. The lowest BCUT2D eigenvalue weighted by Crippen LogP contribution is -2.09. The van der Waals surface area contributed by atoms with Gasteiger partial charge in [-0.15, -0.1) is 0 Å². The van der Waals surface area contributed by atoms with Crippen LogP contribution in [0.5, 0.6) is 0 Å². The average Bonchev–Trinajstić information content (AvgIpc) is 2.55. The van der Waals surface area contributed by atoms with Crippen molar-refractivity contribution in [2.24, 2.45) is 0 Å². The SMILES string of the molecule is CC1=C(CCCCCCCCCCCCCCO)CCCC1=O. The van der Waals surface area contributed by atoms with Crippen molar-refractivity contribution in [3.8, 4) is 0 Å². The van der Waals surface area contributed by atoms with Crippen molar-refractivity contribution in [2.45, 2.75) is 110 Å². The molecule has 0 aromatic carbocycles. The molecule has 1 aliphatic rings. The van der Waals surface area contributed by atoms with Crippen LogP contribution in [0.1, 0.15) is 110 Å². The summed E-state index contributed by atoms with van der Waals surface area (Å²) < 4.78 is 0. The molecule has 2 heteroatoms. The number of aliphatic hydroxyl groups is 1. The molecule has 1 N–H and O–H groups in total. The molecule has 0 radical (unpaired) electrons. The topological polar surface area (TPSA) is 37.3 Å². The van der Waals surface area contributed by atoms with Gasteiger partial charge in [0, 0.05) is 13.0 Å². The molecule has 0 aromatic heterocycles. The van der Waals surface area contributed by atoms with E-state index in [4.69, 9.17) is 5.11 Å². The van der Waals surface area contributed by atoms with Crippen LogP contribution in [0.4, 0.5) is 0 Å². The van der Waals surface area contributed by atoms with Crippen molar-refractivity contribution in [1.82, 2.24) is 0 Å². The van der Waals surface area contributed by atoms with Crippen molar-refractivity contribution in [1.29, 1.82) is 0 Å². The number of unbranched alkanes of at least 4 members (excludes halogenated alkanes) is 11. The van der Waals surface area contributed by atoms with Crippen LogP contribution in [0.2, 0.25) is 0 Å². The van der Waals surface area contributed by atoms with Crippen molar-refractivity contribution < 1.29 is 9.90 Å². The predicted molar refractivity (Wildman–Crippen MR) is 98.7 cm³/mol. The maximum atomic E-state index is 11.7. The van der Waals surface area contributed by atoms with E-state index in [2.05, 4.69) is 0 Å². The Balaban J connectivity index is 1.85. The molecule has 0 heterocycles. The van der Waals surface area contributed by atoms with Crippen LogP contribution in [0.25, 0.3) is 0 Å². The summed E-state index contributed by atoms with van der Waals surface area (Å²) in [6.07, 6.45) is 19.8. The van der Waals surface area contributed by atoms with Gasteiger partial charge < -0.3 is 5.11 Å². The summed E-state index contributed by atoms with van der Waals surface area (Å²) in [7, 11) is 0. The molecule has 0 saturated carbocycles. The number of rotatable bonds is 14. The third kappa shape index (κ3) is 9.96. The highest BCUT2D eigenvalue weighted by Crippen LogP contribution is 2.26. The Kier molecular flexibility index (Phi) is 12.2. The van der Waals surface area contributed by atoms with Gasteiger partial charge in [-0.2, -0.15) is 0 Å². The summed E-state index contributed by atoms with van der Waals surface area (Å²) in [6, 6.07) is 0. The standard InChI is InChI=1S/C21H38O2/c1-19-20(16-14-17-21(19)23)15-12-10-8-6-4-2-3-5-7-9-11-13-18-22/h22H,2-18H2,1H3. The van der Waals surface area contributed by atoms with E-state index in [9.17, 15) is 4.79 Å².